The third kappa shape index (κ3) is 6.10. The summed E-state index contributed by atoms with van der Waals surface area (Å²) in [6, 6.07) is 22.2. The normalized spacial score (nSPS) is 11.1. The summed E-state index contributed by atoms with van der Waals surface area (Å²) in [5.74, 6) is 1.52. The lowest BCUT2D eigenvalue weighted by Gasteiger charge is -2.22. The third-order valence-corrected chi connectivity index (χ3v) is 4.88. The van der Waals surface area contributed by atoms with Crippen molar-refractivity contribution in [1.82, 2.24) is 0 Å². The third-order valence-electron chi connectivity index (χ3n) is 4.39. The fraction of sp³-hybridized carbons (Fsp3) is 0.240. The van der Waals surface area contributed by atoms with Gasteiger partial charge in [0.25, 0.3) is 0 Å². The van der Waals surface area contributed by atoms with Crippen molar-refractivity contribution in [3.63, 3.8) is 0 Å². The Bertz CT molecular complexity index is 994. The second-order valence-electron chi connectivity index (χ2n) is 7.82. The van der Waals surface area contributed by atoms with Gasteiger partial charge in [-0.25, -0.2) is 4.79 Å². The Hall–Kier alpha value is -2.79. The first-order chi connectivity index (χ1) is 14.3. The topological polar surface area (TPSA) is 44.8 Å². The van der Waals surface area contributed by atoms with Crippen LogP contribution in [-0.4, -0.2) is 19.2 Å². The number of hydrogen-bond donors (Lipinski definition) is 0. The van der Waals surface area contributed by atoms with Crippen LogP contribution in [0.25, 0.3) is 0 Å². The number of esters is 1. The van der Waals surface area contributed by atoms with Crippen LogP contribution in [0, 0.1) is 0 Å². The summed E-state index contributed by atoms with van der Waals surface area (Å²) < 4.78 is 18.0. The predicted octanol–water partition coefficient (Wildman–Crippen LogP) is 6.42. The van der Waals surface area contributed by atoms with E-state index >= 15 is 0 Å². The average Bonchev–Trinajstić information content (AvgIpc) is 2.73. The minimum atomic E-state index is -0.422. The zero-order valence-electron chi connectivity index (χ0n) is 17.4. The van der Waals surface area contributed by atoms with Gasteiger partial charge < -0.3 is 14.2 Å². The molecule has 0 heterocycles. The van der Waals surface area contributed by atoms with Crippen LogP contribution in [0.5, 0.6) is 17.2 Å². The fourth-order valence-corrected chi connectivity index (χ4v) is 3.25. The number of carbonyl (C=O) groups is 1. The number of hydrogen-bond acceptors (Lipinski definition) is 4. The minimum absolute atomic E-state index is 0.164. The molecule has 0 aliphatic heterocycles. The predicted molar refractivity (Wildman–Crippen MR) is 122 cm³/mol. The van der Waals surface area contributed by atoms with E-state index in [9.17, 15) is 4.79 Å². The molecular weight excluding hydrogens is 444 g/mol. The van der Waals surface area contributed by atoms with Crippen molar-refractivity contribution in [3.05, 3.63) is 88.4 Å². The molecule has 0 atom stereocenters. The highest BCUT2D eigenvalue weighted by atomic mass is 79.9. The first-order valence-electron chi connectivity index (χ1n) is 9.76. The van der Waals surface area contributed by atoms with Crippen molar-refractivity contribution in [3.8, 4) is 17.2 Å². The van der Waals surface area contributed by atoms with E-state index in [1.165, 1.54) is 0 Å². The molecular formula is C25H25BrO4. The average molecular weight is 469 g/mol. The Morgan fingerprint density at radius 2 is 1.50 bits per heavy atom. The van der Waals surface area contributed by atoms with Crippen LogP contribution in [0.3, 0.4) is 0 Å². The van der Waals surface area contributed by atoms with Crippen LogP contribution in [-0.2, 0) is 5.41 Å². The van der Waals surface area contributed by atoms with Crippen LogP contribution in [0.15, 0.2) is 77.3 Å². The minimum Gasteiger partial charge on any atom is -0.490 e. The van der Waals surface area contributed by atoms with Crippen LogP contribution >= 0.6 is 15.9 Å². The molecule has 0 unspecified atom stereocenters. The van der Waals surface area contributed by atoms with Gasteiger partial charge >= 0.3 is 5.97 Å². The van der Waals surface area contributed by atoms with Crippen LogP contribution in [0.4, 0.5) is 0 Å². The Morgan fingerprint density at radius 3 is 2.20 bits per heavy atom. The lowest BCUT2D eigenvalue weighted by atomic mass is 9.86. The quantitative estimate of drug-likeness (QED) is 0.228. The summed E-state index contributed by atoms with van der Waals surface area (Å²) in [6.07, 6.45) is 0. The van der Waals surface area contributed by atoms with Gasteiger partial charge in [-0.3, -0.25) is 0 Å². The smallest absolute Gasteiger partial charge is 0.343 e. The van der Waals surface area contributed by atoms with Gasteiger partial charge in [0.05, 0.1) is 5.56 Å². The van der Waals surface area contributed by atoms with E-state index in [2.05, 4.69) is 36.7 Å². The largest absolute Gasteiger partial charge is 0.490 e. The summed E-state index contributed by atoms with van der Waals surface area (Å²) in [5, 5.41) is 0. The summed E-state index contributed by atoms with van der Waals surface area (Å²) in [5.41, 5.74) is 1.22. The molecule has 0 fully saturated rings. The van der Waals surface area contributed by atoms with Gasteiger partial charge in [0, 0.05) is 10.0 Å². The molecule has 5 heteroatoms. The van der Waals surface area contributed by atoms with Gasteiger partial charge in [0.1, 0.15) is 30.5 Å². The highest BCUT2D eigenvalue weighted by Crippen LogP contribution is 2.34. The Kier molecular flexibility index (Phi) is 7.16. The molecule has 0 N–H and O–H groups in total. The first-order valence-corrected chi connectivity index (χ1v) is 10.6. The van der Waals surface area contributed by atoms with E-state index in [4.69, 9.17) is 14.2 Å². The summed E-state index contributed by atoms with van der Waals surface area (Å²) >= 11 is 3.49. The van der Waals surface area contributed by atoms with E-state index in [1.54, 1.807) is 24.3 Å². The fourth-order valence-electron chi connectivity index (χ4n) is 2.88. The summed E-state index contributed by atoms with van der Waals surface area (Å²) in [6.45, 7) is 7.02. The highest BCUT2D eigenvalue weighted by molar-refractivity contribution is 9.10. The molecule has 0 amide bonds. The zero-order chi connectivity index (χ0) is 21.6. The molecule has 0 saturated carbocycles. The molecule has 0 bridgehead atoms. The van der Waals surface area contributed by atoms with E-state index in [-0.39, 0.29) is 5.41 Å². The van der Waals surface area contributed by atoms with Gasteiger partial charge in [-0.2, -0.15) is 0 Å². The lowest BCUT2D eigenvalue weighted by molar-refractivity contribution is 0.0731. The molecule has 0 aliphatic carbocycles. The molecule has 0 aliphatic rings. The molecule has 0 spiro atoms. The molecule has 3 aromatic carbocycles. The Labute approximate surface area is 185 Å². The Morgan fingerprint density at radius 1 is 0.833 bits per heavy atom. The van der Waals surface area contributed by atoms with E-state index < -0.39 is 5.97 Å². The monoisotopic (exact) mass is 468 g/mol. The molecule has 0 aromatic heterocycles. The van der Waals surface area contributed by atoms with Gasteiger partial charge in [-0.05, 0) is 53.9 Å². The van der Waals surface area contributed by atoms with Crippen LogP contribution in [0.1, 0.15) is 36.7 Å². The van der Waals surface area contributed by atoms with Gasteiger partial charge in [0.2, 0.25) is 0 Å². The van der Waals surface area contributed by atoms with Crippen molar-refractivity contribution in [2.45, 2.75) is 26.2 Å². The lowest BCUT2D eigenvalue weighted by Crippen LogP contribution is -2.16. The number of halogens is 1. The summed E-state index contributed by atoms with van der Waals surface area (Å²) in [7, 11) is 0. The van der Waals surface area contributed by atoms with Crippen molar-refractivity contribution in [2.24, 2.45) is 0 Å². The van der Waals surface area contributed by atoms with Crippen LogP contribution in [0.2, 0.25) is 0 Å². The molecule has 30 heavy (non-hydrogen) atoms. The Balaban J connectivity index is 1.62. The van der Waals surface area contributed by atoms with E-state index in [1.807, 2.05) is 48.5 Å². The zero-order valence-corrected chi connectivity index (χ0v) is 18.9. The SMILES string of the molecule is CC(C)(C)c1cc(Br)ccc1OC(=O)c1cccc(OCCOc2ccccc2)c1. The van der Waals surface area contributed by atoms with Crippen molar-refractivity contribution in [2.75, 3.05) is 13.2 Å². The van der Waals surface area contributed by atoms with Gasteiger partial charge in [0.15, 0.2) is 0 Å². The van der Waals surface area contributed by atoms with Gasteiger partial charge in [-0.1, -0.05) is 61.0 Å². The number of para-hydroxylation sites is 1. The van der Waals surface area contributed by atoms with Crippen molar-refractivity contribution >= 4 is 21.9 Å². The maximum Gasteiger partial charge on any atom is 0.343 e. The maximum atomic E-state index is 12.7. The first kappa shape index (κ1) is 21.9. The summed E-state index contributed by atoms with van der Waals surface area (Å²) in [4.78, 5) is 12.7. The number of rotatable bonds is 7. The van der Waals surface area contributed by atoms with Gasteiger partial charge in [-0.15, -0.1) is 0 Å². The molecule has 0 radical (unpaired) electrons. The molecule has 3 rings (SSSR count). The number of carbonyl (C=O) groups excluding carboxylic acids is 1. The second-order valence-corrected chi connectivity index (χ2v) is 8.73. The number of ether oxygens (including phenoxy) is 3. The molecule has 4 nitrogen and oxygen atoms in total. The standard InChI is InChI=1S/C25H25BrO4/c1-25(2,3)22-17-19(26)12-13-23(22)30-24(27)18-8-7-11-21(16-18)29-15-14-28-20-9-5-4-6-10-20/h4-13,16-17H,14-15H2,1-3H3. The molecule has 156 valence electrons. The maximum absolute atomic E-state index is 12.7. The second kappa shape index (κ2) is 9.81. The highest BCUT2D eigenvalue weighted by Gasteiger charge is 2.21. The number of benzene rings is 3. The van der Waals surface area contributed by atoms with Crippen molar-refractivity contribution < 1.29 is 19.0 Å². The molecule has 0 saturated heterocycles. The van der Waals surface area contributed by atoms with Crippen molar-refractivity contribution in [1.29, 1.82) is 0 Å². The van der Waals surface area contributed by atoms with E-state index in [0.29, 0.717) is 30.3 Å². The molecule has 3 aromatic rings. The van der Waals surface area contributed by atoms with Crippen LogP contribution < -0.4 is 14.2 Å². The van der Waals surface area contributed by atoms with E-state index in [0.717, 1.165) is 15.8 Å².